The fourth-order valence-corrected chi connectivity index (χ4v) is 4.65. The number of para-hydroxylation sites is 1. The quantitative estimate of drug-likeness (QED) is 0.296. The van der Waals surface area contributed by atoms with E-state index in [1.165, 1.54) is 4.80 Å². The lowest BCUT2D eigenvalue weighted by Crippen LogP contribution is -2.49. The van der Waals surface area contributed by atoms with Gasteiger partial charge in [-0.05, 0) is 44.5 Å². The molecule has 0 aliphatic carbocycles. The van der Waals surface area contributed by atoms with Crippen LogP contribution in [-0.4, -0.2) is 47.4 Å². The molecule has 5 rings (SSSR count). The number of aryl methyl sites for hydroxylation is 1. The molecule has 9 nitrogen and oxygen atoms in total. The number of nitrogens with zero attached hydrogens (tertiary/aromatic N) is 5. The second kappa shape index (κ2) is 11.1. The van der Waals surface area contributed by atoms with Crippen molar-refractivity contribution in [3.63, 3.8) is 0 Å². The van der Waals surface area contributed by atoms with Crippen molar-refractivity contribution in [2.75, 3.05) is 0 Å². The summed E-state index contributed by atoms with van der Waals surface area (Å²) < 4.78 is 0. The van der Waals surface area contributed by atoms with Crippen molar-refractivity contribution in [3.8, 4) is 11.4 Å². The molecule has 0 radical (unpaired) electrons. The minimum atomic E-state index is -0.900. The largest absolute Gasteiger partial charge is 0.361 e. The molecule has 204 valence electrons. The summed E-state index contributed by atoms with van der Waals surface area (Å²) in [5.74, 6) is -0.148. The number of carbonyl (C=O) groups is 2. The third-order valence-electron chi connectivity index (χ3n) is 6.53. The van der Waals surface area contributed by atoms with Crippen molar-refractivity contribution in [2.45, 2.75) is 52.4 Å². The molecule has 2 amide bonds. The van der Waals surface area contributed by atoms with Gasteiger partial charge in [-0.15, -0.1) is 10.2 Å². The van der Waals surface area contributed by atoms with Crippen LogP contribution in [0.15, 0.2) is 85.1 Å². The zero-order chi connectivity index (χ0) is 28.3. The Balaban J connectivity index is 1.53. The first-order valence-electron chi connectivity index (χ1n) is 13.2. The van der Waals surface area contributed by atoms with E-state index in [2.05, 4.69) is 25.7 Å². The summed E-state index contributed by atoms with van der Waals surface area (Å²) in [5.41, 5.74) is 3.94. The lowest BCUT2D eigenvalue weighted by molar-refractivity contribution is -0.143. The highest BCUT2D eigenvalue weighted by atomic mass is 16.2. The summed E-state index contributed by atoms with van der Waals surface area (Å²) in [4.78, 5) is 34.1. The molecule has 9 heteroatoms. The Hall–Kier alpha value is -4.79. The van der Waals surface area contributed by atoms with E-state index in [9.17, 15) is 9.59 Å². The van der Waals surface area contributed by atoms with Crippen molar-refractivity contribution in [1.29, 1.82) is 0 Å². The molecule has 2 N–H and O–H groups in total. The van der Waals surface area contributed by atoms with Crippen LogP contribution in [0.25, 0.3) is 22.3 Å². The maximum Gasteiger partial charge on any atom is 0.247 e. The summed E-state index contributed by atoms with van der Waals surface area (Å²) in [6.07, 6.45) is 1.81. The Morgan fingerprint density at radius 3 is 2.40 bits per heavy atom. The lowest BCUT2D eigenvalue weighted by Gasteiger charge is -2.33. The SMILES string of the molecule is Cc1ccc(-c2nnn(CC(=O)N(Cc3ccccc3)[C@@H](C(=O)NC(C)(C)C)c3c[nH]c4ccccc34)n2)cc1. The average molecular weight is 536 g/mol. The summed E-state index contributed by atoms with van der Waals surface area (Å²) >= 11 is 0. The number of aromatic amines is 1. The predicted molar refractivity (Wildman–Crippen MR) is 154 cm³/mol. The van der Waals surface area contributed by atoms with E-state index < -0.39 is 11.6 Å². The van der Waals surface area contributed by atoms with Crippen molar-refractivity contribution in [1.82, 2.24) is 35.4 Å². The minimum absolute atomic E-state index is 0.173. The summed E-state index contributed by atoms with van der Waals surface area (Å²) in [6, 6.07) is 24.3. The number of benzene rings is 3. The molecule has 40 heavy (non-hydrogen) atoms. The van der Waals surface area contributed by atoms with Crippen molar-refractivity contribution < 1.29 is 9.59 Å². The summed E-state index contributed by atoms with van der Waals surface area (Å²) in [6.45, 7) is 7.83. The maximum atomic E-state index is 14.1. The number of rotatable bonds is 8. The zero-order valence-electron chi connectivity index (χ0n) is 23.1. The molecule has 0 unspecified atom stereocenters. The van der Waals surface area contributed by atoms with E-state index in [0.717, 1.165) is 27.6 Å². The third kappa shape index (κ3) is 6.09. The van der Waals surface area contributed by atoms with Gasteiger partial charge < -0.3 is 15.2 Å². The molecule has 0 saturated carbocycles. The van der Waals surface area contributed by atoms with Crippen LogP contribution < -0.4 is 5.32 Å². The van der Waals surface area contributed by atoms with Gasteiger partial charge in [0.05, 0.1) is 0 Å². The number of carbonyl (C=O) groups excluding carboxylic acids is 2. The minimum Gasteiger partial charge on any atom is -0.361 e. The third-order valence-corrected chi connectivity index (χ3v) is 6.53. The highest BCUT2D eigenvalue weighted by Gasteiger charge is 2.35. The standard InChI is InChI=1S/C31H33N7O2/c1-21-14-16-23(17-15-21)29-34-36-38(35-29)20-27(39)37(19-22-10-6-5-7-11-22)28(30(40)33-31(2,3)4)25-18-32-26-13-9-8-12-24(25)26/h5-18,28,32H,19-20H2,1-4H3,(H,33,40)/t28-/m1/s1. The number of amides is 2. The number of nitrogens with one attached hydrogen (secondary N) is 2. The summed E-state index contributed by atoms with van der Waals surface area (Å²) in [5, 5.41) is 16.7. The van der Waals surface area contributed by atoms with Crippen molar-refractivity contribution in [2.24, 2.45) is 0 Å². The number of H-pyrrole nitrogens is 1. The number of fused-ring (bicyclic) bond motifs is 1. The van der Waals surface area contributed by atoms with Crippen LogP contribution in [0.1, 0.15) is 43.5 Å². The maximum absolute atomic E-state index is 14.1. The Bertz CT molecular complexity index is 1620. The number of hydrogen-bond acceptors (Lipinski definition) is 5. The van der Waals surface area contributed by atoms with Gasteiger partial charge in [-0.25, -0.2) is 0 Å². The van der Waals surface area contributed by atoms with Crippen LogP contribution in [0.4, 0.5) is 0 Å². The van der Waals surface area contributed by atoms with Gasteiger partial charge in [0.25, 0.3) is 0 Å². The van der Waals surface area contributed by atoms with E-state index >= 15 is 0 Å². The Labute approximate surface area is 233 Å². The molecule has 0 bridgehead atoms. The first-order valence-corrected chi connectivity index (χ1v) is 13.2. The van der Waals surface area contributed by atoms with Gasteiger partial charge in [-0.1, -0.05) is 78.4 Å². The monoisotopic (exact) mass is 535 g/mol. The van der Waals surface area contributed by atoms with Gasteiger partial charge in [0.2, 0.25) is 17.6 Å². The second-order valence-corrected chi connectivity index (χ2v) is 10.9. The average Bonchev–Trinajstić information content (AvgIpc) is 3.56. The smallest absolute Gasteiger partial charge is 0.247 e. The second-order valence-electron chi connectivity index (χ2n) is 10.9. The van der Waals surface area contributed by atoms with Gasteiger partial charge in [0.15, 0.2) is 0 Å². The van der Waals surface area contributed by atoms with Crippen LogP contribution in [0.3, 0.4) is 0 Å². The van der Waals surface area contributed by atoms with Crippen molar-refractivity contribution in [3.05, 3.63) is 102 Å². The lowest BCUT2D eigenvalue weighted by atomic mass is 10.00. The molecule has 5 aromatic rings. The van der Waals surface area contributed by atoms with Gasteiger partial charge in [0, 0.05) is 40.3 Å². The zero-order valence-corrected chi connectivity index (χ0v) is 23.1. The first kappa shape index (κ1) is 26.8. The topological polar surface area (TPSA) is 109 Å². The highest BCUT2D eigenvalue weighted by Crippen LogP contribution is 2.31. The molecule has 0 saturated heterocycles. The Kier molecular flexibility index (Phi) is 7.46. The Morgan fingerprint density at radius 1 is 0.975 bits per heavy atom. The molecule has 0 aliphatic rings. The van der Waals surface area contributed by atoms with E-state index in [4.69, 9.17) is 0 Å². The molecular formula is C31H33N7O2. The summed E-state index contributed by atoms with van der Waals surface area (Å²) in [7, 11) is 0. The van der Waals surface area contributed by atoms with E-state index in [1.807, 2.05) is 113 Å². The highest BCUT2D eigenvalue weighted by molar-refractivity contribution is 5.94. The normalized spacial score (nSPS) is 12.3. The first-order chi connectivity index (χ1) is 19.2. The fourth-order valence-electron chi connectivity index (χ4n) is 4.65. The number of aromatic nitrogens is 5. The molecule has 2 aromatic heterocycles. The van der Waals surface area contributed by atoms with E-state index in [-0.39, 0.29) is 24.9 Å². The van der Waals surface area contributed by atoms with E-state index in [1.54, 1.807) is 4.90 Å². The van der Waals surface area contributed by atoms with Gasteiger partial charge in [-0.2, -0.15) is 4.80 Å². The molecule has 0 spiro atoms. The fraction of sp³-hybridized carbons (Fsp3) is 0.258. The van der Waals surface area contributed by atoms with Crippen LogP contribution in [0.2, 0.25) is 0 Å². The van der Waals surface area contributed by atoms with E-state index in [0.29, 0.717) is 11.4 Å². The molecule has 2 heterocycles. The molecule has 0 aliphatic heterocycles. The molecule has 0 fully saturated rings. The van der Waals surface area contributed by atoms with Gasteiger partial charge in [-0.3, -0.25) is 9.59 Å². The van der Waals surface area contributed by atoms with Gasteiger partial charge in [0.1, 0.15) is 12.6 Å². The predicted octanol–water partition coefficient (Wildman–Crippen LogP) is 4.81. The van der Waals surface area contributed by atoms with Crippen LogP contribution in [-0.2, 0) is 22.7 Å². The van der Waals surface area contributed by atoms with Crippen molar-refractivity contribution >= 4 is 22.7 Å². The molecule has 1 atom stereocenters. The van der Waals surface area contributed by atoms with Gasteiger partial charge >= 0.3 is 0 Å². The Morgan fingerprint density at radius 2 is 1.68 bits per heavy atom. The number of hydrogen-bond donors (Lipinski definition) is 2. The van der Waals surface area contributed by atoms with Crippen LogP contribution in [0.5, 0.6) is 0 Å². The molecule has 3 aromatic carbocycles. The number of tetrazole rings is 1. The van der Waals surface area contributed by atoms with Crippen LogP contribution in [0, 0.1) is 6.92 Å². The van der Waals surface area contributed by atoms with Crippen LogP contribution >= 0.6 is 0 Å². The molecular weight excluding hydrogens is 502 g/mol.